The Labute approximate surface area is 197 Å². The Balaban J connectivity index is 1.43. The quantitative estimate of drug-likeness (QED) is 0.315. The Morgan fingerprint density at radius 1 is 1.19 bits per heavy atom. The summed E-state index contributed by atoms with van der Waals surface area (Å²) in [6, 6.07) is 15.1. The SMILES string of the molecule is C=CCn1c(SCC(=O)Nc2ccccc2Cl)nnc1-c1ccc(OC2CCCC2)cc1. The van der Waals surface area contributed by atoms with Crippen LogP contribution in [0.15, 0.2) is 66.3 Å². The maximum absolute atomic E-state index is 12.4. The first-order valence-corrected chi connectivity index (χ1v) is 12.0. The molecule has 166 valence electrons. The number of carbonyl (C=O) groups is 1. The average molecular weight is 469 g/mol. The van der Waals surface area contributed by atoms with Crippen LogP contribution in [0.3, 0.4) is 0 Å². The standard InChI is InChI=1S/C24H25ClN4O2S/c1-2-15-29-23(17-11-13-19(14-12-17)31-18-7-3-4-8-18)27-28-24(29)32-16-22(30)26-21-10-6-5-9-20(21)25/h2,5-6,9-14,18H,1,3-4,7-8,15-16H2,(H,26,30). The Morgan fingerprint density at radius 3 is 2.66 bits per heavy atom. The van der Waals surface area contributed by atoms with E-state index in [1.54, 1.807) is 18.2 Å². The van der Waals surface area contributed by atoms with Crippen molar-refractivity contribution in [3.63, 3.8) is 0 Å². The molecule has 1 fully saturated rings. The predicted molar refractivity (Wildman–Crippen MR) is 129 cm³/mol. The van der Waals surface area contributed by atoms with E-state index < -0.39 is 0 Å². The zero-order valence-corrected chi connectivity index (χ0v) is 19.2. The first-order chi connectivity index (χ1) is 15.6. The van der Waals surface area contributed by atoms with Crippen molar-refractivity contribution in [3.05, 3.63) is 66.2 Å². The third-order valence-corrected chi connectivity index (χ3v) is 6.52. The number of benzene rings is 2. The molecule has 1 heterocycles. The minimum absolute atomic E-state index is 0.161. The van der Waals surface area contributed by atoms with Crippen molar-refractivity contribution in [3.8, 4) is 17.1 Å². The lowest BCUT2D eigenvalue weighted by Crippen LogP contribution is -2.15. The molecule has 0 bridgehead atoms. The lowest BCUT2D eigenvalue weighted by molar-refractivity contribution is -0.113. The Morgan fingerprint density at radius 2 is 1.94 bits per heavy atom. The highest BCUT2D eigenvalue weighted by molar-refractivity contribution is 7.99. The lowest BCUT2D eigenvalue weighted by Gasteiger charge is -2.13. The number of halogens is 1. The summed E-state index contributed by atoms with van der Waals surface area (Å²) >= 11 is 7.44. The summed E-state index contributed by atoms with van der Waals surface area (Å²) in [7, 11) is 0. The highest BCUT2D eigenvalue weighted by atomic mass is 35.5. The van der Waals surface area contributed by atoms with Gasteiger partial charge in [0.25, 0.3) is 0 Å². The van der Waals surface area contributed by atoms with Gasteiger partial charge in [-0.05, 0) is 62.1 Å². The Hall–Kier alpha value is -2.77. The summed E-state index contributed by atoms with van der Waals surface area (Å²) in [6.07, 6.45) is 6.85. The van der Waals surface area contributed by atoms with E-state index >= 15 is 0 Å². The molecule has 1 aromatic heterocycles. The van der Waals surface area contributed by atoms with Crippen molar-refractivity contribution in [2.45, 2.75) is 43.5 Å². The van der Waals surface area contributed by atoms with Crippen molar-refractivity contribution in [1.82, 2.24) is 14.8 Å². The monoisotopic (exact) mass is 468 g/mol. The number of aromatic nitrogens is 3. The maximum Gasteiger partial charge on any atom is 0.234 e. The number of anilines is 1. The number of hydrogen-bond acceptors (Lipinski definition) is 5. The van der Waals surface area contributed by atoms with Crippen LogP contribution in [0.1, 0.15) is 25.7 Å². The highest BCUT2D eigenvalue weighted by Gasteiger charge is 2.18. The van der Waals surface area contributed by atoms with Crippen LogP contribution in [0.5, 0.6) is 5.75 Å². The molecule has 3 aromatic rings. The van der Waals surface area contributed by atoms with E-state index in [-0.39, 0.29) is 11.7 Å². The van der Waals surface area contributed by atoms with Crippen LogP contribution in [-0.4, -0.2) is 32.5 Å². The van der Waals surface area contributed by atoms with E-state index in [1.165, 1.54) is 24.6 Å². The molecule has 4 rings (SSSR count). The zero-order valence-electron chi connectivity index (χ0n) is 17.7. The molecule has 1 saturated carbocycles. The second-order valence-electron chi connectivity index (χ2n) is 7.57. The molecule has 1 aliphatic rings. The fourth-order valence-corrected chi connectivity index (χ4v) is 4.59. The maximum atomic E-state index is 12.4. The minimum atomic E-state index is -0.161. The fraction of sp³-hybridized carbons (Fsp3) is 0.292. The van der Waals surface area contributed by atoms with E-state index in [2.05, 4.69) is 22.1 Å². The van der Waals surface area contributed by atoms with Gasteiger partial charge in [0.05, 0.1) is 22.6 Å². The first-order valence-electron chi connectivity index (χ1n) is 10.6. The van der Waals surface area contributed by atoms with Gasteiger partial charge in [-0.25, -0.2) is 0 Å². The number of rotatable bonds is 9. The molecule has 8 heteroatoms. The highest BCUT2D eigenvalue weighted by Crippen LogP contribution is 2.28. The van der Waals surface area contributed by atoms with Gasteiger partial charge in [-0.15, -0.1) is 16.8 Å². The van der Waals surface area contributed by atoms with Gasteiger partial charge >= 0.3 is 0 Å². The Bertz CT molecular complexity index is 1080. The summed E-state index contributed by atoms with van der Waals surface area (Å²) in [6.45, 7) is 4.38. The molecule has 0 aliphatic heterocycles. The van der Waals surface area contributed by atoms with Gasteiger partial charge in [-0.3, -0.25) is 9.36 Å². The van der Waals surface area contributed by atoms with Crippen molar-refractivity contribution in [2.24, 2.45) is 0 Å². The smallest absolute Gasteiger partial charge is 0.234 e. The van der Waals surface area contributed by atoms with Crippen molar-refractivity contribution < 1.29 is 9.53 Å². The van der Waals surface area contributed by atoms with Crippen LogP contribution in [0.25, 0.3) is 11.4 Å². The summed E-state index contributed by atoms with van der Waals surface area (Å²) < 4.78 is 8.01. The average Bonchev–Trinajstić information content (AvgIpc) is 3.45. The molecule has 1 amide bonds. The number of nitrogens with one attached hydrogen (secondary N) is 1. The molecular formula is C24H25ClN4O2S. The summed E-state index contributed by atoms with van der Waals surface area (Å²) in [5.41, 5.74) is 1.53. The molecule has 32 heavy (non-hydrogen) atoms. The molecule has 0 saturated heterocycles. The molecule has 6 nitrogen and oxygen atoms in total. The third-order valence-electron chi connectivity index (χ3n) is 5.23. The van der Waals surface area contributed by atoms with Crippen LogP contribution in [0, 0.1) is 0 Å². The van der Waals surface area contributed by atoms with Gasteiger partial charge in [0.2, 0.25) is 5.91 Å². The van der Waals surface area contributed by atoms with Crippen LogP contribution >= 0.6 is 23.4 Å². The molecule has 0 unspecified atom stereocenters. The number of carbonyl (C=O) groups excluding carboxylic acids is 1. The second-order valence-corrected chi connectivity index (χ2v) is 8.92. The number of nitrogens with zero attached hydrogens (tertiary/aromatic N) is 3. The number of para-hydroxylation sites is 1. The van der Waals surface area contributed by atoms with Crippen molar-refractivity contribution in [1.29, 1.82) is 0 Å². The number of allylic oxidation sites excluding steroid dienone is 1. The molecule has 0 atom stereocenters. The third kappa shape index (κ3) is 5.53. The molecule has 0 spiro atoms. The number of amides is 1. The van der Waals surface area contributed by atoms with E-state index in [4.69, 9.17) is 16.3 Å². The first kappa shape index (κ1) is 22.4. The van der Waals surface area contributed by atoms with Gasteiger partial charge in [0.1, 0.15) is 5.75 Å². The predicted octanol–water partition coefficient (Wildman–Crippen LogP) is 5.84. The van der Waals surface area contributed by atoms with Gasteiger partial charge in [-0.2, -0.15) is 0 Å². The van der Waals surface area contributed by atoms with Gasteiger partial charge in [-0.1, -0.05) is 41.6 Å². The van der Waals surface area contributed by atoms with Crippen LogP contribution in [0.4, 0.5) is 5.69 Å². The zero-order chi connectivity index (χ0) is 22.3. The van der Waals surface area contributed by atoms with Gasteiger partial charge < -0.3 is 10.1 Å². The largest absolute Gasteiger partial charge is 0.490 e. The van der Waals surface area contributed by atoms with Crippen LogP contribution < -0.4 is 10.1 Å². The van der Waals surface area contributed by atoms with Crippen molar-refractivity contribution in [2.75, 3.05) is 11.1 Å². The molecular weight excluding hydrogens is 444 g/mol. The fourth-order valence-electron chi connectivity index (χ4n) is 3.66. The summed E-state index contributed by atoms with van der Waals surface area (Å²) in [5.74, 6) is 1.63. The number of thioether (sulfide) groups is 1. The van der Waals surface area contributed by atoms with Crippen LogP contribution in [-0.2, 0) is 11.3 Å². The molecule has 2 aromatic carbocycles. The summed E-state index contributed by atoms with van der Waals surface area (Å²) in [5, 5.41) is 12.6. The van der Waals surface area contributed by atoms with E-state index in [0.717, 1.165) is 30.0 Å². The minimum Gasteiger partial charge on any atom is -0.490 e. The van der Waals surface area contributed by atoms with E-state index in [0.29, 0.717) is 28.5 Å². The topological polar surface area (TPSA) is 69.0 Å². The number of ether oxygens (including phenoxy) is 1. The summed E-state index contributed by atoms with van der Waals surface area (Å²) in [4.78, 5) is 12.4. The van der Waals surface area contributed by atoms with Gasteiger partial charge in [0, 0.05) is 12.1 Å². The van der Waals surface area contributed by atoms with Gasteiger partial charge in [0.15, 0.2) is 11.0 Å². The lowest BCUT2D eigenvalue weighted by atomic mass is 10.2. The molecule has 1 aliphatic carbocycles. The van der Waals surface area contributed by atoms with E-state index in [9.17, 15) is 4.79 Å². The van der Waals surface area contributed by atoms with E-state index in [1.807, 2.05) is 41.0 Å². The number of hydrogen-bond donors (Lipinski definition) is 1. The normalized spacial score (nSPS) is 13.8. The Kier molecular flexibility index (Phi) is 7.50. The van der Waals surface area contributed by atoms with Crippen LogP contribution in [0.2, 0.25) is 5.02 Å². The van der Waals surface area contributed by atoms with Crippen molar-refractivity contribution >= 4 is 35.0 Å². The molecule has 0 radical (unpaired) electrons. The second kappa shape index (κ2) is 10.7. The molecule has 1 N–H and O–H groups in total.